The molecular weight excluding hydrogens is 573 g/mol. The number of aryl methyl sites for hydroxylation is 2. The Morgan fingerprint density at radius 2 is 1.86 bits per heavy atom. The highest BCUT2D eigenvalue weighted by molar-refractivity contribution is 6.10. The monoisotopic (exact) mass is 614 g/mol. The summed E-state index contributed by atoms with van der Waals surface area (Å²) in [6.07, 6.45) is -2.21. The van der Waals surface area contributed by atoms with Crippen LogP contribution in [0.2, 0.25) is 0 Å². The summed E-state index contributed by atoms with van der Waals surface area (Å²) in [6.45, 7) is 9.28. The Hall–Kier alpha value is -3.93. The smallest absolute Gasteiger partial charge is 0.369 e. The number of nitrogens with one attached hydrogen (secondary N) is 1. The van der Waals surface area contributed by atoms with Crippen molar-refractivity contribution < 1.29 is 27.6 Å². The minimum Gasteiger partial charge on any atom is -0.369 e. The minimum atomic E-state index is -4.62. The molecule has 12 heteroatoms. The molecule has 2 atom stereocenters. The molecule has 1 saturated heterocycles. The predicted octanol–water partition coefficient (Wildman–Crippen LogP) is 4.33. The number of anilines is 3. The normalized spacial score (nSPS) is 18.7. The maximum atomic E-state index is 14.0. The van der Waals surface area contributed by atoms with Crippen LogP contribution in [0.1, 0.15) is 42.5 Å². The van der Waals surface area contributed by atoms with E-state index in [9.17, 15) is 27.6 Å². The van der Waals surface area contributed by atoms with Gasteiger partial charge in [-0.15, -0.1) is 0 Å². The van der Waals surface area contributed by atoms with Crippen LogP contribution < -0.4 is 20.0 Å². The summed E-state index contributed by atoms with van der Waals surface area (Å²) in [5, 5.41) is 2.91. The van der Waals surface area contributed by atoms with Crippen LogP contribution in [0, 0.1) is 19.8 Å². The van der Waals surface area contributed by atoms with Crippen LogP contribution in [-0.4, -0.2) is 81.0 Å². The van der Waals surface area contributed by atoms with Crippen LogP contribution in [0.3, 0.4) is 0 Å². The Morgan fingerprint density at radius 3 is 2.55 bits per heavy atom. The third-order valence-electron chi connectivity index (χ3n) is 8.10. The second-order valence-electron chi connectivity index (χ2n) is 12.0. The minimum absolute atomic E-state index is 0.0157. The number of unbranched alkanes of at least 4 members (excludes halogenated alkanes) is 2. The van der Waals surface area contributed by atoms with Gasteiger partial charge in [-0.05, 0) is 71.0 Å². The average molecular weight is 615 g/mol. The van der Waals surface area contributed by atoms with Gasteiger partial charge >= 0.3 is 6.18 Å². The van der Waals surface area contributed by atoms with Gasteiger partial charge in [-0.25, -0.2) is 4.98 Å². The number of carbonyl (C=O) groups is 3. The maximum Gasteiger partial charge on any atom is 0.416 e. The van der Waals surface area contributed by atoms with Crippen molar-refractivity contribution in [2.45, 2.75) is 51.7 Å². The molecule has 2 aromatic rings. The van der Waals surface area contributed by atoms with E-state index in [-0.39, 0.29) is 29.7 Å². The van der Waals surface area contributed by atoms with Crippen molar-refractivity contribution in [1.82, 2.24) is 15.2 Å². The molecule has 1 aromatic heterocycles. The fourth-order valence-electron chi connectivity index (χ4n) is 6.09. The number of likely N-dealkylation sites (N-methyl/N-ethyl adjacent to an activating group) is 2. The largest absolute Gasteiger partial charge is 0.416 e. The maximum absolute atomic E-state index is 14.0. The molecule has 0 spiro atoms. The average Bonchev–Trinajstić information content (AvgIpc) is 3.26. The molecule has 3 heterocycles. The molecule has 9 nitrogen and oxygen atoms in total. The van der Waals surface area contributed by atoms with Crippen molar-refractivity contribution in [3.8, 4) is 0 Å². The summed E-state index contributed by atoms with van der Waals surface area (Å²) in [5.74, 6) is -1.57. The first-order chi connectivity index (χ1) is 20.7. The highest BCUT2D eigenvalue weighted by atomic mass is 19.4. The van der Waals surface area contributed by atoms with E-state index in [0.29, 0.717) is 37.4 Å². The molecule has 0 saturated carbocycles. The van der Waals surface area contributed by atoms with Gasteiger partial charge in [-0.1, -0.05) is 18.7 Å². The number of rotatable bonds is 10. The second kappa shape index (κ2) is 13.4. The molecule has 0 radical (unpaired) electrons. The lowest BCUT2D eigenvalue weighted by Gasteiger charge is -2.39. The highest BCUT2D eigenvalue weighted by Crippen LogP contribution is 2.41. The van der Waals surface area contributed by atoms with Gasteiger partial charge < -0.3 is 20.0 Å². The first kappa shape index (κ1) is 33.0. The molecule has 1 aromatic carbocycles. The summed E-state index contributed by atoms with van der Waals surface area (Å²) >= 11 is 0. The van der Waals surface area contributed by atoms with Crippen molar-refractivity contribution >= 4 is 34.9 Å². The molecule has 2 aliphatic rings. The van der Waals surface area contributed by atoms with Crippen LogP contribution >= 0.6 is 0 Å². The van der Waals surface area contributed by atoms with Gasteiger partial charge in [0, 0.05) is 56.8 Å². The zero-order chi connectivity index (χ0) is 32.3. The van der Waals surface area contributed by atoms with Crippen LogP contribution in [-0.2, 0) is 20.6 Å². The molecular formula is C32H41F3N6O3. The topological polar surface area (TPSA) is 89.1 Å². The molecule has 4 rings (SSSR count). The number of nitrogens with zero attached hydrogens (tertiary/aromatic N) is 5. The molecule has 3 amide bonds. The Kier molecular flexibility index (Phi) is 10.0. The number of hydrogen-bond donors (Lipinski definition) is 1. The third-order valence-corrected chi connectivity index (χ3v) is 8.10. The van der Waals surface area contributed by atoms with E-state index in [2.05, 4.69) is 21.8 Å². The molecule has 44 heavy (non-hydrogen) atoms. The molecule has 1 fully saturated rings. The fraction of sp³-hybridized carbons (Fsp3) is 0.500. The van der Waals surface area contributed by atoms with Crippen LogP contribution in [0.15, 0.2) is 42.5 Å². The number of fused-ring (bicyclic) bond motifs is 2. The summed E-state index contributed by atoms with van der Waals surface area (Å²) < 4.78 is 41.0. The van der Waals surface area contributed by atoms with Gasteiger partial charge in [0.1, 0.15) is 11.9 Å². The highest BCUT2D eigenvalue weighted by Gasteiger charge is 2.49. The molecule has 2 aliphatic heterocycles. The van der Waals surface area contributed by atoms with Crippen LogP contribution in [0.4, 0.5) is 30.4 Å². The number of para-hydroxylation sites is 1. The fourth-order valence-corrected chi connectivity index (χ4v) is 6.09. The SMILES string of the molecule is C=C(CN(C)C)C(=O)NCCCCCN1C[C@H]2CC(=O)N(c3cc(C(F)(F)F)cc(C)n3)[C@@H]2C(=O)N(C)c2cccc(C)c21. The Labute approximate surface area is 256 Å². The lowest BCUT2D eigenvalue weighted by atomic mass is 9.94. The van der Waals surface area contributed by atoms with Gasteiger partial charge in [-0.2, -0.15) is 13.2 Å². The van der Waals surface area contributed by atoms with Crippen molar-refractivity contribution in [2.24, 2.45) is 5.92 Å². The van der Waals surface area contributed by atoms with E-state index in [1.54, 1.807) is 7.05 Å². The molecule has 238 valence electrons. The van der Waals surface area contributed by atoms with Crippen molar-refractivity contribution in [1.29, 1.82) is 0 Å². The summed E-state index contributed by atoms with van der Waals surface area (Å²) in [7, 11) is 5.39. The number of aromatic nitrogens is 1. The predicted molar refractivity (Wildman–Crippen MR) is 165 cm³/mol. The van der Waals surface area contributed by atoms with Crippen molar-refractivity contribution in [3.05, 3.63) is 59.3 Å². The van der Waals surface area contributed by atoms with E-state index in [1.165, 1.54) is 11.8 Å². The Balaban J connectivity index is 1.55. The number of carbonyl (C=O) groups excluding carboxylic acids is 3. The van der Waals surface area contributed by atoms with E-state index < -0.39 is 29.6 Å². The number of amides is 3. The zero-order valence-electron chi connectivity index (χ0n) is 26.0. The second-order valence-corrected chi connectivity index (χ2v) is 12.0. The Morgan fingerprint density at radius 1 is 1.14 bits per heavy atom. The first-order valence-electron chi connectivity index (χ1n) is 14.8. The van der Waals surface area contributed by atoms with E-state index >= 15 is 0 Å². The van der Waals surface area contributed by atoms with E-state index in [0.717, 1.165) is 47.5 Å². The van der Waals surface area contributed by atoms with E-state index in [1.807, 2.05) is 44.1 Å². The quantitative estimate of drug-likeness (QED) is 0.317. The standard InChI is InChI=1S/C32H41F3N6O3/c1-20-11-10-12-25-28(20)40(14-9-7-8-13-36-30(43)21(2)18-38(4)5)19-23-16-27(42)41(29(23)31(44)39(25)6)26-17-24(32(33,34)35)15-22(3)37-26/h10-12,15,17,23,29H,2,7-9,13-14,16,18-19H2,1,3-6H3,(H,36,43)/t23-,29+/m1/s1. The van der Waals surface area contributed by atoms with Crippen LogP contribution in [0.25, 0.3) is 0 Å². The van der Waals surface area contributed by atoms with Gasteiger partial charge in [-0.3, -0.25) is 19.3 Å². The van der Waals surface area contributed by atoms with Gasteiger partial charge in [0.05, 0.1) is 16.9 Å². The molecule has 0 unspecified atom stereocenters. The molecule has 1 N–H and O–H groups in total. The number of pyridine rings is 1. The number of hydrogen-bond acceptors (Lipinski definition) is 6. The van der Waals surface area contributed by atoms with E-state index in [4.69, 9.17) is 0 Å². The first-order valence-corrected chi connectivity index (χ1v) is 14.8. The lowest BCUT2D eigenvalue weighted by molar-refractivity contribution is -0.137. The summed E-state index contributed by atoms with van der Waals surface area (Å²) in [4.78, 5) is 50.6. The zero-order valence-corrected chi connectivity index (χ0v) is 26.0. The number of benzene rings is 1. The van der Waals surface area contributed by atoms with Crippen LogP contribution in [0.5, 0.6) is 0 Å². The lowest BCUT2D eigenvalue weighted by Crippen LogP contribution is -2.52. The van der Waals surface area contributed by atoms with Gasteiger partial charge in [0.2, 0.25) is 17.7 Å². The summed E-state index contributed by atoms with van der Waals surface area (Å²) in [6, 6.07) is 6.46. The van der Waals surface area contributed by atoms with Crippen molar-refractivity contribution in [2.75, 3.05) is 62.0 Å². The number of alkyl halides is 3. The number of halogens is 3. The van der Waals surface area contributed by atoms with Gasteiger partial charge in [0.25, 0.3) is 0 Å². The molecule has 0 aliphatic carbocycles. The van der Waals surface area contributed by atoms with Gasteiger partial charge in [0.15, 0.2) is 0 Å². The Bertz CT molecular complexity index is 1430. The van der Waals surface area contributed by atoms with Crippen molar-refractivity contribution in [3.63, 3.8) is 0 Å². The summed E-state index contributed by atoms with van der Waals surface area (Å²) in [5.41, 5.74) is 2.25. The molecule has 0 bridgehead atoms. The third kappa shape index (κ3) is 7.23.